The van der Waals surface area contributed by atoms with E-state index in [1.807, 2.05) is 18.2 Å². The van der Waals surface area contributed by atoms with Crippen LogP contribution in [0, 0.1) is 0 Å². The predicted octanol–water partition coefficient (Wildman–Crippen LogP) is 3.92. The summed E-state index contributed by atoms with van der Waals surface area (Å²) in [5, 5.41) is 0. The first kappa shape index (κ1) is 20.3. The molecule has 0 saturated carbocycles. The van der Waals surface area contributed by atoms with Crippen LogP contribution < -0.4 is 23.7 Å². The lowest BCUT2D eigenvalue weighted by atomic mass is 9.84. The summed E-state index contributed by atoms with van der Waals surface area (Å²) in [7, 11) is 1.55. The van der Waals surface area contributed by atoms with Crippen LogP contribution in [0.2, 0.25) is 0 Å². The summed E-state index contributed by atoms with van der Waals surface area (Å²) in [6.07, 6.45) is 5.03. The van der Waals surface area contributed by atoms with E-state index in [0.29, 0.717) is 53.1 Å². The normalized spacial score (nSPS) is 19.2. The van der Waals surface area contributed by atoms with Gasteiger partial charge in [-0.05, 0) is 47.5 Å². The van der Waals surface area contributed by atoms with Crippen molar-refractivity contribution in [3.05, 3.63) is 76.8 Å². The van der Waals surface area contributed by atoms with Crippen molar-refractivity contribution < 1.29 is 33.3 Å². The molecular weight excluding hydrogens is 438 g/mol. The van der Waals surface area contributed by atoms with Crippen molar-refractivity contribution in [3.63, 3.8) is 0 Å². The Morgan fingerprint density at radius 1 is 1.03 bits per heavy atom. The van der Waals surface area contributed by atoms with Crippen LogP contribution in [0.3, 0.4) is 0 Å². The van der Waals surface area contributed by atoms with Gasteiger partial charge in [-0.25, -0.2) is 0 Å². The van der Waals surface area contributed by atoms with E-state index in [9.17, 15) is 9.59 Å². The molecule has 6 rings (SSSR count). The minimum Gasteiger partial charge on any atom is -0.493 e. The molecule has 0 amide bonds. The van der Waals surface area contributed by atoms with E-state index in [0.717, 1.165) is 11.1 Å². The van der Waals surface area contributed by atoms with Crippen LogP contribution in [0.15, 0.2) is 54.6 Å². The lowest BCUT2D eigenvalue weighted by Crippen LogP contribution is -2.22. The summed E-state index contributed by atoms with van der Waals surface area (Å²) in [4.78, 5) is 29.7. The maximum atomic E-state index is 13.1. The van der Waals surface area contributed by atoms with Gasteiger partial charge in [-0.1, -0.05) is 6.07 Å². The quantitative estimate of drug-likeness (QED) is 0.332. The Hall–Kier alpha value is -4.33. The maximum absolute atomic E-state index is 13.1. The molecule has 34 heavy (non-hydrogen) atoms. The first-order chi connectivity index (χ1) is 16.6. The molecule has 3 aromatic rings. The largest absolute Gasteiger partial charge is 0.493 e. The van der Waals surface area contributed by atoms with E-state index in [4.69, 9.17) is 23.7 Å². The van der Waals surface area contributed by atoms with Crippen LogP contribution in [0.25, 0.3) is 6.08 Å². The molecule has 1 atom stereocenters. The van der Waals surface area contributed by atoms with Crippen molar-refractivity contribution in [2.75, 3.05) is 20.3 Å². The zero-order valence-corrected chi connectivity index (χ0v) is 18.2. The average Bonchev–Trinajstić information content (AvgIpc) is 3.18. The van der Waals surface area contributed by atoms with Crippen molar-refractivity contribution in [1.82, 2.24) is 4.98 Å². The fourth-order valence-electron chi connectivity index (χ4n) is 4.50. The van der Waals surface area contributed by atoms with E-state index in [1.54, 1.807) is 43.8 Å². The summed E-state index contributed by atoms with van der Waals surface area (Å²) in [5.41, 5.74) is 2.57. The van der Waals surface area contributed by atoms with Gasteiger partial charge in [0.1, 0.15) is 24.7 Å². The molecule has 0 spiro atoms. The molecular formula is C26H19NO7. The van der Waals surface area contributed by atoms with Crippen molar-refractivity contribution in [3.8, 4) is 28.7 Å². The third-order valence-corrected chi connectivity index (χ3v) is 6.01. The highest BCUT2D eigenvalue weighted by atomic mass is 16.6. The van der Waals surface area contributed by atoms with Crippen LogP contribution >= 0.6 is 0 Å². The topological polar surface area (TPSA) is 93.2 Å². The zero-order valence-electron chi connectivity index (χ0n) is 18.2. The number of ketones is 1. The van der Waals surface area contributed by atoms with Crippen molar-refractivity contribution in [2.45, 2.75) is 12.3 Å². The van der Waals surface area contributed by atoms with Crippen LogP contribution in [0.1, 0.15) is 39.4 Å². The lowest BCUT2D eigenvalue weighted by molar-refractivity contribution is -0.135. The van der Waals surface area contributed by atoms with Gasteiger partial charge >= 0.3 is 5.97 Å². The third-order valence-electron chi connectivity index (χ3n) is 6.01. The Morgan fingerprint density at radius 3 is 2.74 bits per heavy atom. The fourth-order valence-corrected chi connectivity index (χ4v) is 4.50. The third kappa shape index (κ3) is 3.26. The SMILES string of the molecule is COc1cc([C@H]2CC(=O)Oc3ccc4c(c32)O/C(=C/c2cccnc2)C4=O)cc2c1OCCO2. The van der Waals surface area contributed by atoms with Gasteiger partial charge in [-0.15, -0.1) is 0 Å². The molecule has 170 valence electrons. The second-order valence-corrected chi connectivity index (χ2v) is 8.06. The summed E-state index contributed by atoms with van der Waals surface area (Å²) >= 11 is 0. The average molecular weight is 457 g/mol. The molecule has 3 aliphatic heterocycles. The number of hydrogen-bond donors (Lipinski definition) is 0. The highest BCUT2D eigenvalue weighted by Crippen LogP contribution is 2.51. The van der Waals surface area contributed by atoms with Crippen molar-refractivity contribution >= 4 is 17.8 Å². The number of benzene rings is 2. The Labute approximate surface area is 194 Å². The number of rotatable bonds is 3. The van der Waals surface area contributed by atoms with Gasteiger partial charge in [0.25, 0.3) is 0 Å². The molecule has 0 bridgehead atoms. The summed E-state index contributed by atoms with van der Waals surface area (Å²) in [6, 6.07) is 10.5. The number of fused-ring (bicyclic) bond motifs is 4. The zero-order chi connectivity index (χ0) is 23.2. The molecule has 8 nitrogen and oxygen atoms in total. The minimum atomic E-state index is -0.429. The van der Waals surface area contributed by atoms with E-state index in [1.165, 1.54) is 0 Å². The maximum Gasteiger partial charge on any atom is 0.312 e. The number of methoxy groups -OCH3 is 1. The molecule has 0 N–H and O–H groups in total. The van der Waals surface area contributed by atoms with E-state index < -0.39 is 5.92 Å². The number of esters is 1. The molecule has 0 saturated heterocycles. The number of ether oxygens (including phenoxy) is 5. The van der Waals surface area contributed by atoms with Crippen LogP contribution in [0.5, 0.6) is 28.7 Å². The number of carbonyl (C=O) groups is 2. The first-order valence-electron chi connectivity index (χ1n) is 10.8. The summed E-state index contributed by atoms with van der Waals surface area (Å²) in [5.74, 6) is 1.49. The Bertz CT molecular complexity index is 1350. The lowest BCUT2D eigenvalue weighted by Gasteiger charge is -2.28. The number of hydrogen-bond acceptors (Lipinski definition) is 8. The second-order valence-electron chi connectivity index (χ2n) is 8.06. The molecule has 8 heteroatoms. The Balaban J connectivity index is 1.48. The number of Topliss-reactive ketones (excluding diaryl/α,β-unsaturated/α-hetero) is 1. The number of aromatic nitrogens is 1. The molecule has 0 aliphatic carbocycles. The number of carbonyl (C=O) groups excluding carboxylic acids is 2. The Morgan fingerprint density at radius 2 is 1.91 bits per heavy atom. The first-order valence-corrected chi connectivity index (χ1v) is 10.8. The molecule has 0 fully saturated rings. The molecule has 0 radical (unpaired) electrons. The number of nitrogens with zero attached hydrogens (tertiary/aromatic N) is 1. The minimum absolute atomic E-state index is 0.0749. The van der Waals surface area contributed by atoms with E-state index in [2.05, 4.69) is 4.98 Å². The molecule has 0 unspecified atom stereocenters. The smallest absolute Gasteiger partial charge is 0.312 e. The molecule has 1 aromatic heterocycles. The second kappa shape index (κ2) is 7.91. The Kier molecular flexibility index (Phi) is 4.72. The van der Waals surface area contributed by atoms with Gasteiger partial charge < -0.3 is 23.7 Å². The predicted molar refractivity (Wildman–Crippen MR) is 120 cm³/mol. The summed E-state index contributed by atoms with van der Waals surface area (Å²) in [6.45, 7) is 0.842. The van der Waals surface area contributed by atoms with Gasteiger partial charge in [0, 0.05) is 23.9 Å². The van der Waals surface area contributed by atoms with Crippen molar-refractivity contribution in [2.24, 2.45) is 0 Å². The highest BCUT2D eigenvalue weighted by Gasteiger charge is 2.39. The van der Waals surface area contributed by atoms with Gasteiger partial charge in [0.15, 0.2) is 17.3 Å². The fraction of sp³-hybridized carbons (Fsp3) is 0.192. The van der Waals surface area contributed by atoms with Gasteiger partial charge in [0.2, 0.25) is 11.5 Å². The number of pyridine rings is 1. The van der Waals surface area contributed by atoms with Crippen LogP contribution in [0.4, 0.5) is 0 Å². The number of allylic oxidation sites excluding steroid dienone is 1. The van der Waals surface area contributed by atoms with Gasteiger partial charge in [0.05, 0.1) is 19.1 Å². The van der Waals surface area contributed by atoms with E-state index in [-0.39, 0.29) is 23.9 Å². The molecule has 4 heterocycles. The van der Waals surface area contributed by atoms with Crippen molar-refractivity contribution in [1.29, 1.82) is 0 Å². The van der Waals surface area contributed by atoms with Crippen LogP contribution in [-0.4, -0.2) is 37.1 Å². The monoisotopic (exact) mass is 457 g/mol. The molecule has 3 aliphatic rings. The standard InChI is InChI=1S/C26H19NO7/c1-30-20-10-15(11-21-26(20)32-8-7-31-21)17-12-22(28)33-18-5-4-16-24(29)19(34-25(16)23(17)18)9-14-3-2-6-27-13-14/h2-6,9-11,13,17H,7-8,12H2,1H3/b19-9+/t17-/m1/s1. The molecule has 2 aromatic carbocycles. The van der Waals surface area contributed by atoms with Gasteiger partial charge in [-0.3, -0.25) is 14.6 Å². The van der Waals surface area contributed by atoms with Crippen LogP contribution in [-0.2, 0) is 4.79 Å². The van der Waals surface area contributed by atoms with Gasteiger partial charge in [-0.2, -0.15) is 0 Å². The summed E-state index contributed by atoms with van der Waals surface area (Å²) < 4.78 is 28.6. The van der Waals surface area contributed by atoms with E-state index >= 15 is 0 Å². The highest BCUT2D eigenvalue weighted by molar-refractivity contribution is 6.15.